The highest BCUT2D eigenvalue weighted by Gasteiger charge is 2.19. The van der Waals surface area contributed by atoms with E-state index in [1.54, 1.807) is 0 Å². The van der Waals surface area contributed by atoms with E-state index >= 15 is 0 Å². The smallest absolute Gasteiger partial charge is 0.133 e. The van der Waals surface area contributed by atoms with Gasteiger partial charge < -0.3 is 0 Å². The lowest BCUT2D eigenvalue weighted by Crippen LogP contribution is -2.09. The number of hydrogen-bond acceptors (Lipinski definition) is 2. The Morgan fingerprint density at radius 2 is 1.68 bits per heavy atom. The number of rotatable bonds is 2. The summed E-state index contributed by atoms with van der Waals surface area (Å²) in [6, 6.07) is 12.0. The highest BCUT2D eigenvalue weighted by molar-refractivity contribution is 6.29. The third kappa shape index (κ3) is 2.95. The van der Waals surface area contributed by atoms with Crippen LogP contribution < -0.4 is 0 Å². The summed E-state index contributed by atoms with van der Waals surface area (Å²) in [6.07, 6.45) is 6.27. The highest BCUT2D eigenvalue weighted by atomic mass is 35.5. The molecule has 0 spiro atoms. The first-order valence-corrected chi connectivity index (χ1v) is 7.30. The van der Waals surface area contributed by atoms with Crippen molar-refractivity contribution in [3.63, 3.8) is 0 Å². The van der Waals surface area contributed by atoms with Crippen molar-refractivity contribution >= 4 is 11.6 Å². The zero-order valence-electron chi connectivity index (χ0n) is 10.8. The van der Waals surface area contributed by atoms with E-state index in [2.05, 4.69) is 17.1 Å². The first-order valence-electron chi connectivity index (χ1n) is 6.93. The molecular formula is C16H17ClN2. The minimum absolute atomic E-state index is 0.481. The maximum Gasteiger partial charge on any atom is 0.133 e. The van der Waals surface area contributed by atoms with Gasteiger partial charge in [0.2, 0.25) is 0 Å². The molecule has 0 unspecified atom stereocenters. The Morgan fingerprint density at radius 3 is 2.42 bits per heavy atom. The molecular weight excluding hydrogens is 256 g/mol. The van der Waals surface area contributed by atoms with Crippen molar-refractivity contribution < 1.29 is 0 Å². The van der Waals surface area contributed by atoms with E-state index in [-0.39, 0.29) is 0 Å². The summed E-state index contributed by atoms with van der Waals surface area (Å²) in [5, 5.41) is 0.550. The van der Waals surface area contributed by atoms with Crippen LogP contribution >= 0.6 is 11.6 Å². The highest BCUT2D eigenvalue weighted by Crippen LogP contribution is 2.32. The lowest BCUT2D eigenvalue weighted by atomic mass is 9.88. The Labute approximate surface area is 118 Å². The monoisotopic (exact) mass is 272 g/mol. The molecule has 1 aliphatic carbocycles. The first-order chi connectivity index (χ1) is 9.33. The molecule has 2 aromatic rings. The summed E-state index contributed by atoms with van der Waals surface area (Å²) in [7, 11) is 0. The van der Waals surface area contributed by atoms with Gasteiger partial charge in [-0.1, -0.05) is 61.2 Å². The van der Waals surface area contributed by atoms with Crippen molar-refractivity contribution in [1.29, 1.82) is 0 Å². The Hall–Kier alpha value is -1.41. The summed E-state index contributed by atoms with van der Waals surface area (Å²) in [5.74, 6) is 1.40. The number of aromatic nitrogens is 2. The second-order valence-electron chi connectivity index (χ2n) is 5.14. The summed E-state index contributed by atoms with van der Waals surface area (Å²) in [5.41, 5.74) is 2.03. The third-order valence-corrected chi connectivity index (χ3v) is 3.95. The molecule has 2 nitrogen and oxygen atoms in total. The molecule has 1 aliphatic rings. The molecule has 0 aliphatic heterocycles. The SMILES string of the molecule is Clc1cc(-c2ccccc2)nc(C2CCCCC2)n1. The average Bonchev–Trinajstić information content (AvgIpc) is 2.48. The molecule has 3 rings (SSSR count). The molecule has 0 saturated heterocycles. The average molecular weight is 273 g/mol. The molecule has 98 valence electrons. The Kier molecular flexibility index (Phi) is 3.79. The lowest BCUT2D eigenvalue weighted by Gasteiger charge is -2.20. The van der Waals surface area contributed by atoms with Crippen LogP contribution in [0, 0.1) is 0 Å². The second-order valence-corrected chi connectivity index (χ2v) is 5.52. The standard InChI is InChI=1S/C16H17ClN2/c17-15-11-14(12-7-3-1-4-8-12)18-16(19-15)13-9-5-2-6-10-13/h1,3-4,7-8,11,13H,2,5-6,9-10H2. The van der Waals surface area contributed by atoms with Gasteiger partial charge in [0, 0.05) is 17.5 Å². The largest absolute Gasteiger partial charge is 0.232 e. The number of benzene rings is 1. The van der Waals surface area contributed by atoms with Gasteiger partial charge in [-0.3, -0.25) is 0 Å². The van der Waals surface area contributed by atoms with E-state index in [0.717, 1.165) is 17.1 Å². The van der Waals surface area contributed by atoms with Crippen LogP contribution in [0.2, 0.25) is 5.15 Å². The zero-order chi connectivity index (χ0) is 13.1. The van der Waals surface area contributed by atoms with Crippen LogP contribution in [0.1, 0.15) is 43.8 Å². The van der Waals surface area contributed by atoms with Gasteiger partial charge in [0.1, 0.15) is 11.0 Å². The molecule has 0 amide bonds. The van der Waals surface area contributed by atoms with Crippen molar-refractivity contribution in [3.05, 3.63) is 47.4 Å². The van der Waals surface area contributed by atoms with Gasteiger partial charge in [-0.05, 0) is 12.8 Å². The molecule has 0 atom stereocenters. The molecule has 1 saturated carbocycles. The van der Waals surface area contributed by atoms with Crippen LogP contribution in [0.4, 0.5) is 0 Å². The molecule has 1 aromatic heterocycles. The van der Waals surface area contributed by atoms with E-state index in [9.17, 15) is 0 Å². The van der Waals surface area contributed by atoms with Crippen molar-refractivity contribution in [2.24, 2.45) is 0 Å². The fourth-order valence-corrected chi connectivity index (χ4v) is 2.93. The van der Waals surface area contributed by atoms with E-state index in [4.69, 9.17) is 16.6 Å². The quantitative estimate of drug-likeness (QED) is 0.731. The Balaban J connectivity index is 1.96. The van der Waals surface area contributed by atoms with Crippen LogP contribution in [0.5, 0.6) is 0 Å². The molecule has 1 heterocycles. The Morgan fingerprint density at radius 1 is 0.947 bits per heavy atom. The van der Waals surface area contributed by atoms with Crippen LogP contribution in [0.25, 0.3) is 11.3 Å². The summed E-state index contributed by atoms with van der Waals surface area (Å²) in [6.45, 7) is 0. The maximum atomic E-state index is 6.17. The number of nitrogens with zero attached hydrogens (tertiary/aromatic N) is 2. The van der Waals surface area contributed by atoms with E-state index in [0.29, 0.717) is 11.1 Å². The molecule has 0 N–H and O–H groups in total. The minimum Gasteiger partial charge on any atom is -0.232 e. The van der Waals surface area contributed by atoms with Gasteiger partial charge in [0.25, 0.3) is 0 Å². The van der Waals surface area contributed by atoms with E-state index < -0.39 is 0 Å². The van der Waals surface area contributed by atoms with Crippen LogP contribution in [0.15, 0.2) is 36.4 Å². The number of halogens is 1. The summed E-state index contributed by atoms with van der Waals surface area (Å²) < 4.78 is 0. The maximum absolute atomic E-state index is 6.17. The molecule has 1 aromatic carbocycles. The second kappa shape index (κ2) is 5.70. The topological polar surface area (TPSA) is 25.8 Å². The fourth-order valence-electron chi connectivity index (χ4n) is 2.74. The first kappa shape index (κ1) is 12.6. The fraction of sp³-hybridized carbons (Fsp3) is 0.375. The van der Waals surface area contributed by atoms with Crippen LogP contribution in [-0.4, -0.2) is 9.97 Å². The van der Waals surface area contributed by atoms with Gasteiger partial charge in [-0.25, -0.2) is 9.97 Å². The molecule has 0 radical (unpaired) electrons. The van der Waals surface area contributed by atoms with Gasteiger partial charge in [0.05, 0.1) is 5.69 Å². The van der Waals surface area contributed by atoms with Gasteiger partial charge in [-0.15, -0.1) is 0 Å². The third-order valence-electron chi connectivity index (χ3n) is 3.75. The van der Waals surface area contributed by atoms with Gasteiger partial charge >= 0.3 is 0 Å². The van der Waals surface area contributed by atoms with E-state index in [1.807, 2.05) is 24.3 Å². The predicted molar refractivity (Wildman–Crippen MR) is 78.3 cm³/mol. The lowest BCUT2D eigenvalue weighted by molar-refractivity contribution is 0.429. The van der Waals surface area contributed by atoms with Crippen LogP contribution in [0.3, 0.4) is 0 Å². The normalized spacial score (nSPS) is 16.5. The minimum atomic E-state index is 0.481. The molecule has 0 bridgehead atoms. The van der Waals surface area contributed by atoms with Gasteiger partial charge in [0.15, 0.2) is 0 Å². The van der Waals surface area contributed by atoms with Crippen molar-refractivity contribution in [1.82, 2.24) is 9.97 Å². The van der Waals surface area contributed by atoms with Crippen molar-refractivity contribution in [3.8, 4) is 11.3 Å². The summed E-state index contributed by atoms with van der Waals surface area (Å²) in [4.78, 5) is 9.17. The Bertz CT molecular complexity index is 548. The predicted octanol–water partition coefficient (Wildman–Crippen LogP) is 4.84. The zero-order valence-corrected chi connectivity index (χ0v) is 11.6. The molecule has 1 fully saturated rings. The van der Waals surface area contributed by atoms with E-state index in [1.165, 1.54) is 32.1 Å². The van der Waals surface area contributed by atoms with Crippen LogP contribution in [-0.2, 0) is 0 Å². The van der Waals surface area contributed by atoms with Crippen molar-refractivity contribution in [2.45, 2.75) is 38.0 Å². The molecule has 3 heteroatoms. The number of hydrogen-bond donors (Lipinski definition) is 0. The van der Waals surface area contributed by atoms with Crippen molar-refractivity contribution in [2.75, 3.05) is 0 Å². The van der Waals surface area contributed by atoms with Gasteiger partial charge in [-0.2, -0.15) is 0 Å². The molecule has 19 heavy (non-hydrogen) atoms. The summed E-state index contributed by atoms with van der Waals surface area (Å²) >= 11 is 6.17.